The zero-order valence-electron chi connectivity index (χ0n) is 14.1. The number of aliphatic hydroxyl groups excluding tert-OH is 1. The molecule has 0 rings (SSSR count). The number of aliphatic hydroxyl groups is 1. The summed E-state index contributed by atoms with van der Waals surface area (Å²) in [6, 6.07) is 0. The predicted octanol–water partition coefficient (Wildman–Crippen LogP) is 5.16. The molecule has 0 saturated carbocycles. The van der Waals surface area contributed by atoms with Crippen molar-refractivity contribution >= 4 is 5.97 Å². The van der Waals surface area contributed by atoms with Crippen molar-refractivity contribution in [2.45, 2.75) is 103 Å². The summed E-state index contributed by atoms with van der Waals surface area (Å²) in [7, 11) is 0. The van der Waals surface area contributed by atoms with E-state index in [1.165, 1.54) is 44.9 Å². The molecule has 0 fully saturated rings. The van der Waals surface area contributed by atoms with E-state index in [1.54, 1.807) is 0 Å². The fraction of sp³-hybridized carbons (Fsp3) is 0.944. The maximum Gasteiger partial charge on any atom is 0.309 e. The average Bonchev–Trinajstić information content (AvgIpc) is 2.45. The normalized spacial score (nSPS) is 14.0. The fourth-order valence-electron chi connectivity index (χ4n) is 2.78. The van der Waals surface area contributed by atoms with Crippen LogP contribution in [0.25, 0.3) is 0 Å². The molecule has 2 N–H and O–H groups in total. The number of rotatable bonds is 15. The van der Waals surface area contributed by atoms with Crippen molar-refractivity contribution in [1.29, 1.82) is 0 Å². The number of aliphatic carboxylic acids is 1. The first-order chi connectivity index (χ1) is 10.1. The summed E-state index contributed by atoms with van der Waals surface area (Å²) in [5, 5.41) is 19.4. The highest BCUT2D eigenvalue weighted by molar-refractivity contribution is 5.70. The van der Waals surface area contributed by atoms with E-state index < -0.39 is 18.0 Å². The van der Waals surface area contributed by atoms with Gasteiger partial charge in [-0.3, -0.25) is 4.79 Å². The number of unbranched alkanes of at least 4 members (excludes halogenated alkanes) is 9. The minimum atomic E-state index is -0.829. The molecule has 0 aliphatic carbocycles. The summed E-state index contributed by atoms with van der Waals surface area (Å²) in [5.74, 6) is -1.40. The van der Waals surface area contributed by atoms with E-state index in [2.05, 4.69) is 13.8 Å². The highest BCUT2D eigenvalue weighted by Crippen LogP contribution is 2.20. The van der Waals surface area contributed by atoms with Gasteiger partial charge in [-0.15, -0.1) is 0 Å². The van der Waals surface area contributed by atoms with Gasteiger partial charge in [-0.25, -0.2) is 0 Å². The van der Waals surface area contributed by atoms with Crippen LogP contribution in [0.2, 0.25) is 0 Å². The summed E-state index contributed by atoms with van der Waals surface area (Å²) in [4.78, 5) is 11.3. The van der Waals surface area contributed by atoms with E-state index in [4.69, 9.17) is 0 Å². The van der Waals surface area contributed by atoms with E-state index in [-0.39, 0.29) is 0 Å². The van der Waals surface area contributed by atoms with Gasteiger partial charge in [0.05, 0.1) is 12.0 Å². The molecule has 0 bridgehead atoms. The zero-order chi connectivity index (χ0) is 15.9. The van der Waals surface area contributed by atoms with Crippen molar-refractivity contribution in [2.75, 3.05) is 0 Å². The first-order valence-corrected chi connectivity index (χ1v) is 9.04. The molecule has 0 aliphatic rings. The maximum absolute atomic E-state index is 11.3. The van der Waals surface area contributed by atoms with Crippen LogP contribution in [0.3, 0.4) is 0 Å². The fourth-order valence-corrected chi connectivity index (χ4v) is 2.78. The molecule has 0 aromatic heterocycles. The van der Waals surface area contributed by atoms with E-state index in [9.17, 15) is 15.0 Å². The van der Waals surface area contributed by atoms with Gasteiger partial charge in [0, 0.05) is 0 Å². The van der Waals surface area contributed by atoms with Gasteiger partial charge in [0.2, 0.25) is 0 Å². The number of carboxylic acid groups (broad SMARTS) is 1. The van der Waals surface area contributed by atoms with Crippen LogP contribution in [-0.2, 0) is 4.79 Å². The molecule has 3 heteroatoms. The van der Waals surface area contributed by atoms with Crippen LogP contribution in [0.1, 0.15) is 97.3 Å². The van der Waals surface area contributed by atoms with Gasteiger partial charge in [0.25, 0.3) is 0 Å². The Morgan fingerprint density at radius 3 is 1.67 bits per heavy atom. The topological polar surface area (TPSA) is 57.5 Å². The Morgan fingerprint density at radius 1 is 0.762 bits per heavy atom. The second kappa shape index (κ2) is 14.4. The Morgan fingerprint density at radius 2 is 1.19 bits per heavy atom. The second-order valence-electron chi connectivity index (χ2n) is 6.27. The first-order valence-electron chi connectivity index (χ1n) is 9.04. The highest BCUT2D eigenvalue weighted by atomic mass is 16.4. The minimum absolute atomic E-state index is 0.567. The van der Waals surface area contributed by atoms with E-state index >= 15 is 0 Å². The Balaban J connectivity index is 3.80. The quantitative estimate of drug-likeness (QED) is 0.411. The Labute approximate surface area is 131 Å². The Bertz CT molecular complexity index is 241. The van der Waals surface area contributed by atoms with Gasteiger partial charge in [-0.05, 0) is 12.8 Å². The predicted molar refractivity (Wildman–Crippen MR) is 88.5 cm³/mol. The molecule has 0 saturated heterocycles. The van der Waals surface area contributed by atoms with Crippen LogP contribution in [0, 0.1) is 5.92 Å². The molecule has 126 valence electrons. The lowest BCUT2D eigenvalue weighted by Gasteiger charge is -2.19. The zero-order valence-corrected chi connectivity index (χ0v) is 14.1. The standard InChI is InChI=1S/C18H36O3/c1-3-5-7-9-11-12-14-16(18(20)21)17(19)15-13-10-8-6-4-2/h16-17,19H,3-15H2,1-2H3,(H,20,21). The smallest absolute Gasteiger partial charge is 0.309 e. The lowest BCUT2D eigenvalue weighted by molar-refractivity contribution is -0.146. The molecule has 0 aromatic rings. The van der Waals surface area contributed by atoms with E-state index in [0.29, 0.717) is 12.8 Å². The summed E-state index contributed by atoms with van der Waals surface area (Å²) in [5.41, 5.74) is 0. The summed E-state index contributed by atoms with van der Waals surface area (Å²) < 4.78 is 0. The Kier molecular flexibility index (Phi) is 14.0. The molecule has 0 heterocycles. The average molecular weight is 300 g/mol. The van der Waals surface area contributed by atoms with Crippen LogP contribution < -0.4 is 0 Å². The van der Waals surface area contributed by atoms with Crippen LogP contribution in [0.4, 0.5) is 0 Å². The van der Waals surface area contributed by atoms with Gasteiger partial charge in [0.1, 0.15) is 0 Å². The molecular weight excluding hydrogens is 264 g/mol. The van der Waals surface area contributed by atoms with Crippen LogP contribution in [0.5, 0.6) is 0 Å². The lowest BCUT2D eigenvalue weighted by atomic mass is 9.91. The van der Waals surface area contributed by atoms with Crippen molar-refractivity contribution < 1.29 is 15.0 Å². The monoisotopic (exact) mass is 300 g/mol. The highest BCUT2D eigenvalue weighted by Gasteiger charge is 2.25. The van der Waals surface area contributed by atoms with Crippen LogP contribution in [-0.4, -0.2) is 22.3 Å². The molecular formula is C18H36O3. The molecule has 0 aromatic carbocycles. The maximum atomic E-state index is 11.3. The summed E-state index contributed by atoms with van der Waals surface area (Å²) in [6.07, 6.45) is 13.2. The van der Waals surface area contributed by atoms with Crippen LogP contribution >= 0.6 is 0 Å². The van der Waals surface area contributed by atoms with Crippen molar-refractivity contribution in [3.63, 3.8) is 0 Å². The van der Waals surface area contributed by atoms with Crippen molar-refractivity contribution in [3.05, 3.63) is 0 Å². The lowest BCUT2D eigenvalue weighted by Crippen LogP contribution is -2.28. The molecule has 0 radical (unpaired) electrons. The van der Waals surface area contributed by atoms with Gasteiger partial charge in [-0.1, -0.05) is 84.5 Å². The van der Waals surface area contributed by atoms with Gasteiger partial charge < -0.3 is 10.2 Å². The number of carboxylic acids is 1. The number of hydrogen-bond acceptors (Lipinski definition) is 2. The summed E-state index contributed by atoms with van der Waals surface area (Å²) >= 11 is 0. The molecule has 2 unspecified atom stereocenters. The Hall–Kier alpha value is -0.570. The van der Waals surface area contributed by atoms with Gasteiger partial charge in [-0.2, -0.15) is 0 Å². The molecule has 0 aliphatic heterocycles. The van der Waals surface area contributed by atoms with E-state index in [1.807, 2.05) is 0 Å². The molecule has 0 amide bonds. The molecule has 2 atom stereocenters. The third-order valence-electron chi connectivity index (χ3n) is 4.25. The SMILES string of the molecule is CCCCCCCCC(C(=O)O)C(O)CCCCCCC. The molecule has 0 spiro atoms. The van der Waals surface area contributed by atoms with Gasteiger partial charge >= 0.3 is 5.97 Å². The largest absolute Gasteiger partial charge is 0.481 e. The third kappa shape index (κ3) is 11.7. The van der Waals surface area contributed by atoms with Crippen molar-refractivity contribution in [2.24, 2.45) is 5.92 Å². The first kappa shape index (κ1) is 20.4. The minimum Gasteiger partial charge on any atom is -0.481 e. The van der Waals surface area contributed by atoms with Crippen LogP contribution in [0.15, 0.2) is 0 Å². The van der Waals surface area contributed by atoms with Gasteiger partial charge in [0.15, 0.2) is 0 Å². The van der Waals surface area contributed by atoms with Crippen molar-refractivity contribution in [1.82, 2.24) is 0 Å². The van der Waals surface area contributed by atoms with E-state index in [0.717, 1.165) is 25.7 Å². The van der Waals surface area contributed by atoms with Crippen molar-refractivity contribution in [3.8, 4) is 0 Å². The summed E-state index contributed by atoms with van der Waals surface area (Å²) in [6.45, 7) is 4.37. The second-order valence-corrected chi connectivity index (χ2v) is 6.27. The number of carbonyl (C=O) groups is 1. The molecule has 3 nitrogen and oxygen atoms in total. The third-order valence-corrected chi connectivity index (χ3v) is 4.25. The number of hydrogen-bond donors (Lipinski definition) is 2. The molecule has 21 heavy (non-hydrogen) atoms.